The zero-order chi connectivity index (χ0) is 22.9. The van der Waals surface area contributed by atoms with Gasteiger partial charge in [0.15, 0.2) is 0 Å². The molecule has 3 N–H and O–H groups in total. The van der Waals surface area contributed by atoms with Gasteiger partial charge in [-0.15, -0.1) is 0 Å². The summed E-state index contributed by atoms with van der Waals surface area (Å²) in [6.07, 6.45) is 6.49. The standard InChI is InChI=1S/C27H33ClN2O2/c1-4-25(29)27(20-7-5-18(6-8-20)17(2)3)12-9-21(10-13-27)32-24-15-19-11-14-30-26(31)22(19)16-23(24)28/h5-8,11,14-17,21,25H,4,9-10,12-13,29H2,1-3H3,(H,30,31)/t21-,25?,27+. The Hall–Kier alpha value is -2.30. The molecule has 1 aromatic heterocycles. The monoisotopic (exact) mass is 452 g/mol. The molecule has 5 heteroatoms. The van der Waals surface area contributed by atoms with E-state index in [1.807, 2.05) is 12.1 Å². The number of nitrogens with two attached hydrogens (primary N) is 1. The third-order valence-electron chi connectivity index (χ3n) is 7.25. The number of benzene rings is 2. The summed E-state index contributed by atoms with van der Waals surface area (Å²) in [7, 11) is 0. The number of hydrogen-bond acceptors (Lipinski definition) is 3. The van der Waals surface area contributed by atoms with Crippen LogP contribution in [0.5, 0.6) is 5.75 Å². The first kappa shape index (κ1) is 22.9. The Labute approximate surface area is 195 Å². The van der Waals surface area contributed by atoms with Crippen LogP contribution in [-0.2, 0) is 5.41 Å². The molecule has 1 unspecified atom stereocenters. The minimum absolute atomic E-state index is 0.0232. The molecule has 170 valence electrons. The Bertz CT molecular complexity index is 1130. The van der Waals surface area contributed by atoms with Gasteiger partial charge in [0.2, 0.25) is 0 Å². The molecule has 1 atom stereocenters. The fourth-order valence-electron chi connectivity index (χ4n) is 5.15. The van der Waals surface area contributed by atoms with Gasteiger partial charge < -0.3 is 15.5 Å². The van der Waals surface area contributed by atoms with Gasteiger partial charge in [0.1, 0.15) is 5.75 Å². The van der Waals surface area contributed by atoms with Gasteiger partial charge in [0, 0.05) is 23.0 Å². The Morgan fingerprint density at radius 2 is 1.84 bits per heavy atom. The molecule has 0 amide bonds. The van der Waals surface area contributed by atoms with Gasteiger partial charge >= 0.3 is 0 Å². The van der Waals surface area contributed by atoms with Crippen LogP contribution >= 0.6 is 11.6 Å². The maximum Gasteiger partial charge on any atom is 0.255 e. The van der Waals surface area contributed by atoms with E-state index in [2.05, 4.69) is 50.0 Å². The number of halogens is 1. The van der Waals surface area contributed by atoms with E-state index in [4.69, 9.17) is 22.1 Å². The number of pyridine rings is 1. The Morgan fingerprint density at radius 3 is 2.47 bits per heavy atom. The molecule has 1 aliphatic carbocycles. The highest BCUT2D eigenvalue weighted by Crippen LogP contribution is 2.44. The number of ether oxygens (including phenoxy) is 1. The van der Waals surface area contributed by atoms with Crippen molar-refractivity contribution in [2.75, 3.05) is 0 Å². The van der Waals surface area contributed by atoms with Crippen LogP contribution in [0.15, 0.2) is 53.5 Å². The van der Waals surface area contributed by atoms with E-state index in [0.717, 1.165) is 37.5 Å². The third-order valence-corrected chi connectivity index (χ3v) is 7.54. The second kappa shape index (κ2) is 9.29. The van der Waals surface area contributed by atoms with E-state index >= 15 is 0 Å². The molecule has 0 bridgehead atoms. The smallest absolute Gasteiger partial charge is 0.255 e. The molecule has 2 aromatic carbocycles. The number of aromatic nitrogens is 1. The quantitative estimate of drug-likeness (QED) is 0.461. The van der Waals surface area contributed by atoms with E-state index < -0.39 is 0 Å². The van der Waals surface area contributed by atoms with Crippen LogP contribution in [0.25, 0.3) is 10.8 Å². The summed E-state index contributed by atoms with van der Waals surface area (Å²) < 4.78 is 6.34. The first-order chi connectivity index (χ1) is 15.3. The van der Waals surface area contributed by atoms with Gasteiger partial charge in [-0.3, -0.25) is 4.79 Å². The Morgan fingerprint density at radius 1 is 1.16 bits per heavy atom. The molecule has 0 spiro atoms. The zero-order valence-electron chi connectivity index (χ0n) is 19.2. The fraction of sp³-hybridized carbons (Fsp3) is 0.444. The van der Waals surface area contributed by atoms with Crippen molar-refractivity contribution in [1.82, 2.24) is 4.98 Å². The van der Waals surface area contributed by atoms with Crippen LogP contribution < -0.4 is 16.0 Å². The summed E-state index contributed by atoms with van der Waals surface area (Å²) in [5.41, 5.74) is 9.25. The first-order valence-corrected chi connectivity index (χ1v) is 12.1. The van der Waals surface area contributed by atoms with Crippen molar-refractivity contribution >= 4 is 22.4 Å². The number of hydrogen-bond donors (Lipinski definition) is 2. The minimum Gasteiger partial charge on any atom is -0.489 e. The lowest BCUT2D eigenvalue weighted by Crippen LogP contribution is -2.48. The molecule has 3 aromatic rings. The predicted octanol–water partition coefficient (Wildman–Crippen LogP) is 6.30. The molecular formula is C27H33ClN2O2. The molecule has 0 saturated heterocycles. The number of H-pyrrole nitrogens is 1. The molecule has 4 rings (SSSR count). The van der Waals surface area contributed by atoms with E-state index in [0.29, 0.717) is 22.1 Å². The molecule has 4 nitrogen and oxygen atoms in total. The summed E-state index contributed by atoms with van der Waals surface area (Å²) in [4.78, 5) is 14.7. The number of nitrogens with one attached hydrogen (secondary N) is 1. The lowest BCUT2D eigenvalue weighted by molar-refractivity contribution is 0.104. The van der Waals surface area contributed by atoms with Crippen molar-refractivity contribution in [1.29, 1.82) is 0 Å². The maximum atomic E-state index is 12.0. The van der Waals surface area contributed by atoms with Crippen molar-refractivity contribution in [3.63, 3.8) is 0 Å². The van der Waals surface area contributed by atoms with E-state index in [1.165, 1.54) is 11.1 Å². The largest absolute Gasteiger partial charge is 0.489 e. The number of rotatable bonds is 6. The van der Waals surface area contributed by atoms with E-state index in [-0.39, 0.29) is 23.1 Å². The summed E-state index contributed by atoms with van der Waals surface area (Å²) in [5.74, 6) is 1.16. The van der Waals surface area contributed by atoms with Crippen LogP contribution in [0, 0.1) is 0 Å². The molecule has 32 heavy (non-hydrogen) atoms. The van der Waals surface area contributed by atoms with E-state index in [1.54, 1.807) is 12.3 Å². The molecule has 1 fully saturated rings. The normalized spacial score (nSPS) is 22.2. The molecule has 1 heterocycles. The number of fused-ring (bicyclic) bond motifs is 1. The molecular weight excluding hydrogens is 420 g/mol. The van der Waals surface area contributed by atoms with Crippen molar-refractivity contribution in [3.8, 4) is 5.75 Å². The lowest BCUT2D eigenvalue weighted by Gasteiger charge is -2.44. The minimum atomic E-state index is -0.143. The molecule has 1 aliphatic rings. The molecule has 0 aliphatic heterocycles. The van der Waals surface area contributed by atoms with Crippen LogP contribution in [0.4, 0.5) is 0 Å². The van der Waals surface area contributed by atoms with E-state index in [9.17, 15) is 4.79 Å². The summed E-state index contributed by atoms with van der Waals surface area (Å²) in [6.45, 7) is 6.62. The van der Waals surface area contributed by atoms with Crippen LogP contribution in [-0.4, -0.2) is 17.1 Å². The van der Waals surface area contributed by atoms with Crippen LogP contribution in [0.3, 0.4) is 0 Å². The van der Waals surface area contributed by atoms with Crippen molar-refractivity contribution in [3.05, 3.63) is 75.2 Å². The number of aromatic amines is 1. The van der Waals surface area contributed by atoms with Gasteiger partial charge in [-0.2, -0.15) is 0 Å². The van der Waals surface area contributed by atoms with Gasteiger partial charge in [0.25, 0.3) is 5.56 Å². The van der Waals surface area contributed by atoms with Crippen LogP contribution in [0.1, 0.15) is 69.9 Å². The van der Waals surface area contributed by atoms with Crippen molar-refractivity contribution < 1.29 is 4.74 Å². The predicted molar refractivity (Wildman–Crippen MR) is 133 cm³/mol. The van der Waals surface area contributed by atoms with Crippen LogP contribution in [0.2, 0.25) is 5.02 Å². The zero-order valence-corrected chi connectivity index (χ0v) is 19.9. The Kier molecular flexibility index (Phi) is 6.64. The first-order valence-electron chi connectivity index (χ1n) is 11.7. The second-order valence-corrected chi connectivity index (χ2v) is 9.85. The van der Waals surface area contributed by atoms with Gasteiger partial charge in [-0.25, -0.2) is 0 Å². The topological polar surface area (TPSA) is 68.1 Å². The van der Waals surface area contributed by atoms with Crippen molar-refractivity contribution in [2.24, 2.45) is 5.73 Å². The van der Waals surface area contributed by atoms with Gasteiger partial charge in [0.05, 0.1) is 11.1 Å². The summed E-state index contributed by atoms with van der Waals surface area (Å²) in [5, 5.41) is 1.88. The lowest BCUT2D eigenvalue weighted by atomic mass is 9.63. The third kappa shape index (κ3) is 4.31. The van der Waals surface area contributed by atoms with Gasteiger partial charge in [-0.1, -0.05) is 56.6 Å². The maximum absolute atomic E-state index is 12.0. The van der Waals surface area contributed by atoms with Gasteiger partial charge in [-0.05, 0) is 72.7 Å². The fourth-order valence-corrected chi connectivity index (χ4v) is 5.36. The average molecular weight is 453 g/mol. The molecule has 1 saturated carbocycles. The SMILES string of the molecule is CCC(N)[C@]1(c2ccc(C(C)C)cc2)CC[C@H](Oc2cc3cc[nH]c(=O)c3cc2Cl)CC1. The van der Waals surface area contributed by atoms with Crippen molar-refractivity contribution in [2.45, 2.75) is 76.4 Å². The summed E-state index contributed by atoms with van der Waals surface area (Å²) >= 11 is 6.46. The summed E-state index contributed by atoms with van der Waals surface area (Å²) in [6, 6.07) is 14.6. The highest BCUT2D eigenvalue weighted by molar-refractivity contribution is 6.32. The highest BCUT2D eigenvalue weighted by atomic mass is 35.5. The molecule has 0 radical (unpaired) electrons. The highest BCUT2D eigenvalue weighted by Gasteiger charge is 2.41. The Balaban J connectivity index is 1.54. The average Bonchev–Trinajstić information content (AvgIpc) is 2.80. The second-order valence-electron chi connectivity index (χ2n) is 9.44.